The van der Waals surface area contributed by atoms with E-state index < -0.39 is 5.97 Å². The number of nitrogens with two attached hydrogens (primary N) is 2. The summed E-state index contributed by atoms with van der Waals surface area (Å²) in [6.07, 6.45) is 0. The van der Waals surface area contributed by atoms with E-state index >= 15 is 0 Å². The minimum Gasteiger partial charge on any atom is -0.477 e. The average molecular weight is 186 g/mol. The Labute approximate surface area is 73.8 Å². The molecule has 66 valence electrons. The van der Waals surface area contributed by atoms with Crippen LogP contribution in [0, 0.1) is 0 Å². The number of carboxylic acid groups (broad SMARTS) is 1. The van der Waals surface area contributed by atoms with Gasteiger partial charge in [-0.25, -0.2) is 4.79 Å². The molecule has 0 aromatic carbocycles. The Kier molecular flexibility index (Phi) is 2.80. The molecule has 0 saturated heterocycles. The van der Waals surface area contributed by atoms with Gasteiger partial charge in [0.25, 0.3) is 0 Å². The Morgan fingerprint density at radius 3 is 2.83 bits per heavy atom. The van der Waals surface area contributed by atoms with E-state index in [0.717, 1.165) is 5.56 Å². The van der Waals surface area contributed by atoms with Gasteiger partial charge in [-0.3, -0.25) is 0 Å². The molecule has 0 saturated carbocycles. The lowest BCUT2D eigenvalue weighted by Gasteiger charge is -2.03. The van der Waals surface area contributed by atoms with Crippen LogP contribution in [0.1, 0.15) is 21.3 Å². The van der Waals surface area contributed by atoms with Crippen LogP contribution in [0.5, 0.6) is 0 Å². The summed E-state index contributed by atoms with van der Waals surface area (Å²) in [5.41, 5.74) is 11.7. The zero-order valence-electron chi connectivity index (χ0n) is 6.36. The molecule has 4 nitrogen and oxygen atoms in total. The summed E-state index contributed by atoms with van der Waals surface area (Å²) in [5, 5.41) is 10.3. The minimum absolute atomic E-state index is 0.255. The standard InChI is InChI=1S/C7H10N2O2S/c8-2-5(9)4-1-6(7(10)11)12-3-4/h1,3,5H,2,8-9H2,(H,10,11)/t5-/m0/s1. The van der Waals surface area contributed by atoms with Gasteiger partial charge in [-0.1, -0.05) is 0 Å². The molecule has 0 aliphatic heterocycles. The molecule has 0 unspecified atom stereocenters. The molecule has 0 radical (unpaired) electrons. The minimum atomic E-state index is -0.921. The van der Waals surface area contributed by atoms with E-state index in [4.69, 9.17) is 16.6 Å². The van der Waals surface area contributed by atoms with Crippen molar-refractivity contribution in [3.8, 4) is 0 Å². The molecular formula is C7H10N2O2S. The van der Waals surface area contributed by atoms with Gasteiger partial charge in [-0.15, -0.1) is 11.3 Å². The topological polar surface area (TPSA) is 89.3 Å². The van der Waals surface area contributed by atoms with Crippen LogP contribution in [0.2, 0.25) is 0 Å². The van der Waals surface area contributed by atoms with E-state index in [0.29, 0.717) is 11.4 Å². The first-order valence-electron chi connectivity index (χ1n) is 3.42. The lowest BCUT2D eigenvalue weighted by Crippen LogP contribution is -2.19. The van der Waals surface area contributed by atoms with Crippen LogP contribution >= 0.6 is 11.3 Å². The Balaban J connectivity index is 2.84. The highest BCUT2D eigenvalue weighted by atomic mass is 32.1. The van der Waals surface area contributed by atoms with Gasteiger partial charge in [-0.2, -0.15) is 0 Å². The lowest BCUT2D eigenvalue weighted by atomic mass is 10.1. The van der Waals surface area contributed by atoms with Gasteiger partial charge in [0, 0.05) is 12.6 Å². The van der Waals surface area contributed by atoms with Gasteiger partial charge >= 0.3 is 5.97 Å². The van der Waals surface area contributed by atoms with Crippen LogP contribution in [-0.4, -0.2) is 17.6 Å². The second-order valence-electron chi connectivity index (χ2n) is 2.39. The molecule has 1 rings (SSSR count). The molecule has 0 bridgehead atoms. The van der Waals surface area contributed by atoms with Gasteiger partial charge in [0.15, 0.2) is 0 Å². The molecule has 1 aromatic heterocycles. The number of carbonyl (C=O) groups is 1. The number of rotatable bonds is 3. The molecule has 1 atom stereocenters. The molecule has 5 heteroatoms. The molecule has 0 fully saturated rings. The number of aromatic carboxylic acids is 1. The molecule has 1 aromatic rings. The second kappa shape index (κ2) is 3.66. The van der Waals surface area contributed by atoms with Crippen LogP contribution in [0.3, 0.4) is 0 Å². The highest BCUT2D eigenvalue weighted by Gasteiger charge is 2.10. The number of thiophene rings is 1. The Bertz CT molecular complexity index is 285. The maximum Gasteiger partial charge on any atom is 0.345 e. The highest BCUT2D eigenvalue weighted by Crippen LogP contribution is 2.18. The van der Waals surface area contributed by atoms with Gasteiger partial charge in [0.05, 0.1) is 0 Å². The maximum atomic E-state index is 10.5. The van der Waals surface area contributed by atoms with Crippen molar-refractivity contribution in [3.05, 3.63) is 21.9 Å². The van der Waals surface area contributed by atoms with Gasteiger partial charge in [-0.05, 0) is 17.0 Å². The summed E-state index contributed by atoms with van der Waals surface area (Å²) in [6, 6.07) is 1.30. The second-order valence-corrected chi connectivity index (χ2v) is 3.30. The van der Waals surface area contributed by atoms with E-state index in [1.807, 2.05) is 0 Å². The SMILES string of the molecule is NC[C@H](N)c1csc(C(=O)O)c1. The van der Waals surface area contributed by atoms with Crippen LogP contribution in [-0.2, 0) is 0 Å². The molecule has 12 heavy (non-hydrogen) atoms. The normalized spacial score (nSPS) is 12.8. The summed E-state index contributed by atoms with van der Waals surface area (Å²) in [4.78, 5) is 10.8. The third kappa shape index (κ3) is 1.82. The first kappa shape index (κ1) is 9.18. The molecule has 0 spiro atoms. The maximum absolute atomic E-state index is 10.5. The van der Waals surface area contributed by atoms with Crippen molar-refractivity contribution in [2.75, 3.05) is 6.54 Å². The third-order valence-corrected chi connectivity index (χ3v) is 2.45. The smallest absolute Gasteiger partial charge is 0.345 e. The summed E-state index contributed by atoms with van der Waals surface area (Å²) in [5.74, 6) is -0.921. The Morgan fingerprint density at radius 1 is 1.75 bits per heavy atom. The fourth-order valence-corrected chi connectivity index (χ4v) is 1.60. The zero-order chi connectivity index (χ0) is 9.14. The van der Waals surface area contributed by atoms with Crippen LogP contribution in [0.4, 0.5) is 0 Å². The Morgan fingerprint density at radius 2 is 2.42 bits per heavy atom. The van der Waals surface area contributed by atoms with E-state index in [9.17, 15) is 4.79 Å². The number of hydrogen-bond donors (Lipinski definition) is 3. The van der Waals surface area contributed by atoms with E-state index in [2.05, 4.69) is 0 Å². The summed E-state index contributed by atoms with van der Waals surface area (Å²) < 4.78 is 0. The molecule has 1 heterocycles. The largest absolute Gasteiger partial charge is 0.477 e. The third-order valence-electron chi connectivity index (χ3n) is 1.51. The fourth-order valence-electron chi connectivity index (χ4n) is 0.794. The fraction of sp³-hybridized carbons (Fsp3) is 0.286. The summed E-state index contributed by atoms with van der Waals surface area (Å²) >= 11 is 1.17. The first-order valence-corrected chi connectivity index (χ1v) is 4.30. The van der Waals surface area contributed by atoms with Crippen LogP contribution < -0.4 is 11.5 Å². The van der Waals surface area contributed by atoms with Crippen molar-refractivity contribution in [3.63, 3.8) is 0 Å². The lowest BCUT2D eigenvalue weighted by molar-refractivity contribution is 0.0702. The summed E-state index contributed by atoms with van der Waals surface area (Å²) in [6.45, 7) is 0.329. The average Bonchev–Trinajstić information content (AvgIpc) is 2.51. The first-order chi connectivity index (χ1) is 5.65. The highest BCUT2D eigenvalue weighted by molar-refractivity contribution is 7.12. The van der Waals surface area contributed by atoms with Crippen molar-refractivity contribution in [1.29, 1.82) is 0 Å². The zero-order valence-corrected chi connectivity index (χ0v) is 7.17. The van der Waals surface area contributed by atoms with E-state index in [1.165, 1.54) is 11.3 Å². The van der Waals surface area contributed by atoms with E-state index in [-0.39, 0.29) is 6.04 Å². The summed E-state index contributed by atoms with van der Waals surface area (Å²) in [7, 11) is 0. The predicted octanol–water partition coefficient (Wildman–Crippen LogP) is 0.405. The van der Waals surface area contributed by atoms with Gasteiger partial charge in [0.2, 0.25) is 0 Å². The van der Waals surface area contributed by atoms with Gasteiger partial charge < -0.3 is 16.6 Å². The van der Waals surface area contributed by atoms with E-state index in [1.54, 1.807) is 11.4 Å². The number of hydrogen-bond acceptors (Lipinski definition) is 4. The van der Waals surface area contributed by atoms with Gasteiger partial charge in [0.1, 0.15) is 4.88 Å². The molecule has 0 amide bonds. The quantitative estimate of drug-likeness (QED) is 0.637. The van der Waals surface area contributed by atoms with Crippen LogP contribution in [0.15, 0.2) is 11.4 Å². The van der Waals surface area contributed by atoms with Crippen molar-refractivity contribution in [1.82, 2.24) is 0 Å². The van der Waals surface area contributed by atoms with Crippen LogP contribution in [0.25, 0.3) is 0 Å². The molecule has 5 N–H and O–H groups in total. The van der Waals surface area contributed by atoms with Crippen molar-refractivity contribution in [2.24, 2.45) is 11.5 Å². The predicted molar refractivity (Wildman–Crippen MR) is 47.3 cm³/mol. The monoisotopic (exact) mass is 186 g/mol. The Hall–Kier alpha value is -0.910. The molecule has 0 aliphatic rings. The molecule has 0 aliphatic carbocycles. The van der Waals surface area contributed by atoms with Crippen molar-refractivity contribution < 1.29 is 9.90 Å². The number of carboxylic acids is 1. The molecular weight excluding hydrogens is 176 g/mol. The van der Waals surface area contributed by atoms with Crippen molar-refractivity contribution >= 4 is 17.3 Å². The van der Waals surface area contributed by atoms with Crippen molar-refractivity contribution in [2.45, 2.75) is 6.04 Å².